The van der Waals surface area contributed by atoms with Gasteiger partial charge in [0.2, 0.25) is 0 Å². The molecule has 0 heterocycles. The number of rotatable bonds is 1. The Morgan fingerprint density at radius 2 is 1.86 bits per heavy atom. The molecule has 2 N–H and O–H groups in total. The molecule has 1 aromatic carbocycles. The van der Waals surface area contributed by atoms with E-state index >= 15 is 0 Å². The lowest BCUT2D eigenvalue weighted by Crippen LogP contribution is -2.04. The fourth-order valence-corrected chi connectivity index (χ4v) is 2.50. The molecule has 0 amide bonds. The summed E-state index contributed by atoms with van der Waals surface area (Å²) in [6.07, 6.45) is 6.83. The molecule has 1 aromatic rings. The van der Waals surface area contributed by atoms with E-state index in [1.165, 1.54) is 37.7 Å². The molecule has 1 fully saturated rings. The first-order valence-electron chi connectivity index (χ1n) is 5.32. The average Bonchev–Trinajstić information content (AvgIpc) is 2.23. The monoisotopic (exact) mass is 253 g/mol. The lowest BCUT2D eigenvalue weighted by Gasteiger charge is -2.22. The van der Waals surface area contributed by atoms with Crippen molar-refractivity contribution in [2.24, 2.45) is 0 Å². The molecule has 0 aromatic heterocycles. The van der Waals surface area contributed by atoms with Gasteiger partial charge in [-0.15, -0.1) is 0 Å². The molecule has 1 nitrogen and oxygen atoms in total. The summed E-state index contributed by atoms with van der Waals surface area (Å²) in [4.78, 5) is 0. The van der Waals surface area contributed by atoms with Crippen molar-refractivity contribution >= 4 is 21.6 Å². The van der Waals surface area contributed by atoms with Crippen molar-refractivity contribution < 1.29 is 0 Å². The van der Waals surface area contributed by atoms with Crippen molar-refractivity contribution in [3.63, 3.8) is 0 Å². The molecular formula is C12H16BrN. The van der Waals surface area contributed by atoms with Gasteiger partial charge in [-0.25, -0.2) is 0 Å². The van der Waals surface area contributed by atoms with Gasteiger partial charge in [-0.3, -0.25) is 0 Å². The van der Waals surface area contributed by atoms with Gasteiger partial charge in [0, 0.05) is 10.2 Å². The van der Waals surface area contributed by atoms with Crippen LogP contribution in [0.15, 0.2) is 22.7 Å². The van der Waals surface area contributed by atoms with Gasteiger partial charge in [0.15, 0.2) is 0 Å². The van der Waals surface area contributed by atoms with Gasteiger partial charge in [-0.1, -0.05) is 25.3 Å². The normalized spacial score (nSPS) is 18.4. The van der Waals surface area contributed by atoms with E-state index in [1.54, 1.807) is 0 Å². The van der Waals surface area contributed by atoms with Gasteiger partial charge in [0.1, 0.15) is 0 Å². The molecular weight excluding hydrogens is 238 g/mol. The van der Waals surface area contributed by atoms with Gasteiger partial charge in [0.25, 0.3) is 0 Å². The van der Waals surface area contributed by atoms with Crippen molar-refractivity contribution in [1.29, 1.82) is 0 Å². The topological polar surface area (TPSA) is 26.0 Å². The molecule has 1 aliphatic rings. The van der Waals surface area contributed by atoms with Gasteiger partial charge in [-0.2, -0.15) is 0 Å². The predicted molar refractivity (Wildman–Crippen MR) is 64.4 cm³/mol. The molecule has 1 aliphatic carbocycles. The lowest BCUT2D eigenvalue weighted by molar-refractivity contribution is 0.443. The fourth-order valence-electron chi connectivity index (χ4n) is 2.25. The van der Waals surface area contributed by atoms with E-state index in [1.807, 2.05) is 0 Å². The minimum atomic E-state index is 0.749. The van der Waals surface area contributed by atoms with E-state index in [-0.39, 0.29) is 0 Å². The van der Waals surface area contributed by atoms with Crippen LogP contribution >= 0.6 is 15.9 Å². The third kappa shape index (κ3) is 2.11. The second kappa shape index (κ2) is 4.35. The van der Waals surface area contributed by atoms with Crippen LogP contribution in [-0.4, -0.2) is 0 Å². The Bertz CT molecular complexity index is 316. The zero-order valence-electron chi connectivity index (χ0n) is 8.30. The highest BCUT2D eigenvalue weighted by molar-refractivity contribution is 9.10. The molecule has 0 saturated heterocycles. The standard InChI is InChI=1S/C12H16BrN/c13-11-7-6-10(8-12(11)14)9-4-2-1-3-5-9/h6-9H,1-5,14H2. The summed E-state index contributed by atoms with van der Waals surface area (Å²) in [6, 6.07) is 6.40. The summed E-state index contributed by atoms with van der Waals surface area (Å²) in [6.45, 7) is 0. The Kier molecular flexibility index (Phi) is 3.12. The predicted octanol–water partition coefficient (Wildman–Crippen LogP) is 4.08. The zero-order chi connectivity index (χ0) is 9.97. The van der Waals surface area contributed by atoms with Crippen molar-refractivity contribution in [3.05, 3.63) is 28.2 Å². The molecule has 0 unspecified atom stereocenters. The third-order valence-corrected chi connectivity index (χ3v) is 3.82. The molecule has 0 radical (unpaired) electrons. The molecule has 1 saturated carbocycles. The number of hydrogen-bond donors (Lipinski definition) is 1. The number of benzene rings is 1. The third-order valence-electron chi connectivity index (χ3n) is 3.10. The minimum Gasteiger partial charge on any atom is -0.398 e. The van der Waals surface area contributed by atoms with Gasteiger partial charge < -0.3 is 5.73 Å². The molecule has 0 bridgehead atoms. The number of hydrogen-bond acceptors (Lipinski definition) is 1. The smallest absolute Gasteiger partial charge is 0.0461 e. The van der Waals surface area contributed by atoms with Crippen molar-refractivity contribution in [1.82, 2.24) is 0 Å². The van der Waals surface area contributed by atoms with Crippen LogP contribution in [-0.2, 0) is 0 Å². The summed E-state index contributed by atoms with van der Waals surface area (Å²) >= 11 is 3.43. The molecule has 2 heteroatoms. The van der Waals surface area contributed by atoms with E-state index in [9.17, 15) is 0 Å². The maximum absolute atomic E-state index is 5.88. The largest absolute Gasteiger partial charge is 0.398 e. The van der Waals surface area contributed by atoms with E-state index in [2.05, 4.69) is 34.1 Å². The van der Waals surface area contributed by atoms with Crippen molar-refractivity contribution in [2.45, 2.75) is 38.0 Å². The highest BCUT2D eigenvalue weighted by Gasteiger charge is 2.15. The van der Waals surface area contributed by atoms with Crippen LogP contribution in [0, 0.1) is 0 Å². The average molecular weight is 254 g/mol. The quantitative estimate of drug-likeness (QED) is 0.751. The van der Waals surface area contributed by atoms with E-state index in [0.717, 1.165) is 16.1 Å². The number of halogens is 1. The summed E-state index contributed by atoms with van der Waals surface area (Å²) in [5, 5.41) is 0. The Hall–Kier alpha value is -0.500. The molecule has 0 aliphatic heterocycles. The zero-order valence-corrected chi connectivity index (χ0v) is 9.89. The Morgan fingerprint density at radius 1 is 1.14 bits per heavy atom. The first kappa shape index (κ1) is 10.0. The Morgan fingerprint density at radius 3 is 2.50 bits per heavy atom. The van der Waals surface area contributed by atoms with Gasteiger partial charge in [-0.05, 0) is 52.4 Å². The highest BCUT2D eigenvalue weighted by Crippen LogP contribution is 2.34. The second-order valence-corrected chi connectivity index (χ2v) is 4.97. The summed E-state index contributed by atoms with van der Waals surface area (Å²) in [5.41, 5.74) is 8.17. The number of anilines is 1. The minimum absolute atomic E-state index is 0.749. The van der Waals surface area contributed by atoms with E-state index in [0.29, 0.717) is 0 Å². The first-order chi connectivity index (χ1) is 6.77. The van der Waals surface area contributed by atoms with E-state index < -0.39 is 0 Å². The number of nitrogen functional groups attached to an aromatic ring is 1. The lowest BCUT2D eigenvalue weighted by atomic mass is 9.84. The SMILES string of the molecule is Nc1cc(C2CCCCC2)ccc1Br. The van der Waals surface area contributed by atoms with E-state index in [4.69, 9.17) is 5.73 Å². The molecule has 0 spiro atoms. The maximum atomic E-state index is 5.88. The molecule has 14 heavy (non-hydrogen) atoms. The van der Waals surface area contributed by atoms with Crippen LogP contribution in [0.5, 0.6) is 0 Å². The van der Waals surface area contributed by atoms with Crippen LogP contribution in [0.3, 0.4) is 0 Å². The van der Waals surface area contributed by atoms with Crippen LogP contribution < -0.4 is 5.73 Å². The Labute approximate surface area is 93.8 Å². The second-order valence-electron chi connectivity index (χ2n) is 4.12. The summed E-state index contributed by atoms with van der Waals surface area (Å²) in [5.74, 6) is 0.749. The maximum Gasteiger partial charge on any atom is 0.0461 e. The Balaban J connectivity index is 2.18. The van der Waals surface area contributed by atoms with Crippen LogP contribution in [0.2, 0.25) is 0 Å². The molecule has 2 rings (SSSR count). The molecule has 76 valence electrons. The molecule has 0 atom stereocenters. The fraction of sp³-hybridized carbons (Fsp3) is 0.500. The summed E-state index contributed by atoms with van der Waals surface area (Å²) < 4.78 is 1.01. The van der Waals surface area contributed by atoms with Gasteiger partial charge >= 0.3 is 0 Å². The van der Waals surface area contributed by atoms with Crippen LogP contribution in [0.25, 0.3) is 0 Å². The summed E-state index contributed by atoms with van der Waals surface area (Å²) in [7, 11) is 0. The van der Waals surface area contributed by atoms with Crippen molar-refractivity contribution in [2.75, 3.05) is 5.73 Å². The van der Waals surface area contributed by atoms with Gasteiger partial charge in [0.05, 0.1) is 0 Å². The first-order valence-corrected chi connectivity index (χ1v) is 6.11. The van der Waals surface area contributed by atoms with Crippen LogP contribution in [0.4, 0.5) is 5.69 Å². The van der Waals surface area contributed by atoms with Crippen molar-refractivity contribution in [3.8, 4) is 0 Å². The number of nitrogens with two attached hydrogens (primary N) is 1. The highest BCUT2D eigenvalue weighted by atomic mass is 79.9. The van der Waals surface area contributed by atoms with Crippen LogP contribution in [0.1, 0.15) is 43.6 Å².